The number of hydrogen-bond donors (Lipinski definition) is 2. The van der Waals surface area contributed by atoms with Gasteiger partial charge >= 0.3 is 0 Å². The van der Waals surface area contributed by atoms with Crippen molar-refractivity contribution < 1.29 is 13.5 Å². The molecule has 1 aliphatic rings. The number of aliphatic hydroxyl groups excluding tert-OH is 1. The molecule has 7 heteroatoms. The molecule has 1 saturated heterocycles. The van der Waals surface area contributed by atoms with Gasteiger partial charge < -0.3 is 10.0 Å². The summed E-state index contributed by atoms with van der Waals surface area (Å²) in [5.41, 5.74) is 0. The first-order valence-electron chi connectivity index (χ1n) is 7.90. The molecule has 1 aromatic carbocycles. The van der Waals surface area contributed by atoms with Crippen molar-refractivity contribution in [2.45, 2.75) is 17.1 Å². The highest BCUT2D eigenvalue weighted by Gasteiger charge is 2.21. The molecule has 0 aliphatic carbocycles. The van der Waals surface area contributed by atoms with Crippen LogP contribution in [-0.4, -0.2) is 51.2 Å². The zero-order valence-corrected chi connectivity index (χ0v) is 14.6. The number of hydrogen-bond acceptors (Lipinski definition) is 5. The number of piperidine rings is 1. The van der Waals surface area contributed by atoms with E-state index in [2.05, 4.69) is 9.62 Å². The fourth-order valence-corrected chi connectivity index (χ4v) is 5.47. The Morgan fingerprint density at radius 1 is 1.35 bits per heavy atom. The Bertz CT molecular complexity index is 725. The Hall–Kier alpha value is -0.990. The number of thiophene rings is 1. The Morgan fingerprint density at radius 3 is 2.96 bits per heavy atom. The van der Waals surface area contributed by atoms with Crippen LogP contribution in [0.1, 0.15) is 12.8 Å². The smallest absolute Gasteiger partial charge is 0.250 e. The van der Waals surface area contributed by atoms with Gasteiger partial charge in [0, 0.05) is 30.9 Å². The SMILES string of the molecule is O=S(=O)(NCCN1CCC[C@H](CO)C1)c1cc2ccccc2s1. The molecule has 0 saturated carbocycles. The maximum Gasteiger partial charge on any atom is 0.250 e. The molecule has 2 N–H and O–H groups in total. The average molecular weight is 354 g/mol. The van der Waals surface area contributed by atoms with Crippen molar-refractivity contribution >= 4 is 31.4 Å². The van der Waals surface area contributed by atoms with Gasteiger partial charge in [-0.25, -0.2) is 13.1 Å². The van der Waals surface area contributed by atoms with E-state index >= 15 is 0 Å². The lowest BCUT2D eigenvalue weighted by molar-refractivity contribution is 0.122. The van der Waals surface area contributed by atoms with E-state index in [0.717, 1.165) is 36.0 Å². The third kappa shape index (κ3) is 4.10. The number of rotatable bonds is 6. The first-order valence-corrected chi connectivity index (χ1v) is 10.2. The maximum absolute atomic E-state index is 12.4. The third-order valence-electron chi connectivity index (χ3n) is 4.25. The highest BCUT2D eigenvalue weighted by Crippen LogP contribution is 2.28. The summed E-state index contributed by atoms with van der Waals surface area (Å²) in [6.45, 7) is 3.11. The van der Waals surface area contributed by atoms with Gasteiger partial charge in [-0.1, -0.05) is 18.2 Å². The van der Waals surface area contributed by atoms with Crippen molar-refractivity contribution in [3.05, 3.63) is 30.3 Å². The van der Waals surface area contributed by atoms with Crippen molar-refractivity contribution in [3.63, 3.8) is 0 Å². The molecule has 5 nitrogen and oxygen atoms in total. The van der Waals surface area contributed by atoms with Gasteiger partial charge in [0.25, 0.3) is 0 Å². The van der Waals surface area contributed by atoms with E-state index in [1.165, 1.54) is 11.3 Å². The number of benzene rings is 1. The van der Waals surface area contributed by atoms with E-state index in [4.69, 9.17) is 0 Å². The fourth-order valence-electron chi connectivity index (χ4n) is 3.00. The summed E-state index contributed by atoms with van der Waals surface area (Å²) in [6, 6.07) is 9.41. The monoisotopic (exact) mass is 354 g/mol. The molecule has 3 rings (SSSR count). The number of nitrogens with zero attached hydrogens (tertiary/aromatic N) is 1. The molecule has 0 amide bonds. The first-order chi connectivity index (χ1) is 11.1. The predicted octanol–water partition coefficient (Wildman–Crippen LogP) is 1.88. The molecule has 1 aliphatic heterocycles. The van der Waals surface area contributed by atoms with Gasteiger partial charge in [0.2, 0.25) is 10.0 Å². The van der Waals surface area contributed by atoms with E-state index in [-0.39, 0.29) is 6.61 Å². The van der Waals surface area contributed by atoms with Crippen LogP contribution in [0.2, 0.25) is 0 Å². The van der Waals surface area contributed by atoms with E-state index in [0.29, 0.717) is 23.2 Å². The molecule has 2 heterocycles. The zero-order chi connectivity index (χ0) is 16.3. The van der Waals surface area contributed by atoms with Crippen LogP contribution in [0.15, 0.2) is 34.5 Å². The van der Waals surface area contributed by atoms with Crippen LogP contribution in [0.25, 0.3) is 10.1 Å². The van der Waals surface area contributed by atoms with E-state index in [1.54, 1.807) is 6.07 Å². The number of likely N-dealkylation sites (tertiary alicyclic amines) is 1. The second-order valence-electron chi connectivity index (χ2n) is 5.99. The highest BCUT2D eigenvalue weighted by molar-refractivity contribution is 7.91. The molecular formula is C16H22N2O3S2. The van der Waals surface area contributed by atoms with Crippen LogP contribution in [0.5, 0.6) is 0 Å². The quantitative estimate of drug-likeness (QED) is 0.831. The molecule has 0 spiro atoms. The van der Waals surface area contributed by atoms with Crippen LogP contribution in [0, 0.1) is 5.92 Å². The molecule has 1 atom stereocenters. The van der Waals surface area contributed by atoms with E-state index in [1.807, 2.05) is 24.3 Å². The minimum atomic E-state index is -3.45. The largest absolute Gasteiger partial charge is 0.396 e. The van der Waals surface area contributed by atoms with Crippen molar-refractivity contribution in [1.29, 1.82) is 0 Å². The summed E-state index contributed by atoms with van der Waals surface area (Å²) in [7, 11) is -3.45. The minimum absolute atomic E-state index is 0.212. The molecular weight excluding hydrogens is 332 g/mol. The van der Waals surface area contributed by atoms with Crippen LogP contribution in [0.3, 0.4) is 0 Å². The summed E-state index contributed by atoms with van der Waals surface area (Å²) in [5.74, 6) is 0.322. The van der Waals surface area contributed by atoms with Gasteiger partial charge in [-0.2, -0.15) is 0 Å². The van der Waals surface area contributed by atoms with Crippen LogP contribution < -0.4 is 4.72 Å². The Balaban J connectivity index is 1.58. The van der Waals surface area contributed by atoms with Crippen molar-refractivity contribution in [2.75, 3.05) is 32.8 Å². The predicted molar refractivity (Wildman–Crippen MR) is 93.3 cm³/mol. The lowest BCUT2D eigenvalue weighted by atomic mass is 9.99. The Kier molecular flexibility index (Phi) is 5.33. The van der Waals surface area contributed by atoms with Crippen molar-refractivity contribution in [3.8, 4) is 0 Å². The summed E-state index contributed by atoms with van der Waals surface area (Å²) in [5, 5.41) is 10.2. The molecule has 0 unspecified atom stereocenters. The van der Waals surface area contributed by atoms with E-state index < -0.39 is 10.0 Å². The second kappa shape index (κ2) is 7.27. The summed E-state index contributed by atoms with van der Waals surface area (Å²) in [6.07, 6.45) is 2.12. The second-order valence-corrected chi connectivity index (χ2v) is 9.07. The Morgan fingerprint density at radius 2 is 2.17 bits per heavy atom. The molecule has 0 radical (unpaired) electrons. The van der Waals surface area contributed by atoms with Gasteiger partial charge in [0.05, 0.1) is 0 Å². The minimum Gasteiger partial charge on any atom is -0.396 e. The molecule has 1 aromatic heterocycles. The van der Waals surface area contributed by atoms with Crippen molar-refractivity contribution in [1.82, 2.24) is 9.62 Å². The third-order valence-corrected chi connectivity index (χ3v) is 7.30. The zero-order valence-electron chi connectivity index (χ0n) is 12.9. The number of nitrogens with one attached hydrogen (secondary N) is 1. The van der Waals surface area contributed by atoms with Gasteiger partial charge in [-0.15, -0.1) is 11.3 Å². The van der Waals surface area contributed by atoms with Gasteiger partial charge in [-0.05, 0) is 42.8 Å². The topological polar surface area (TPSA) is 69.6 Å². The van der Waals surface area contributed by atoms with Crippen LogP contribution in [-0.2, 0) is 10.0 Å². The normalized spacial score (nSPS) is 20.1. The van der Waals surface area contributed by atoms with Crippen LogP contribution in [0.4, 0.5) is 0 Å². The molecule has 1 fully saturated rings. The van der Waals surface area contributed by atoms with Crippen LogP contribution >= 0.6 is 11.3 Å². The molecule has 126 valence electrons. The molecule has 0 bridgehead atoms. The van der Waals surface area contributed by atoms with Gasteiger partial charge in [-0.3, -0.25) is 0 Å². The first kappa shape index (κ1) is 16.9. The lowest BCUT2D eigenvalue weighted by Gasteiger charge is -2.31. The van der Waals surface area contributed by atoms with Crippen molar-refractivity contribution in [2.24, 2.45) is 5.92 Å². The average Bonchev–Trinajstić information content (AvgIpc) is 3.00. The summed E-state index contributed by atoms with van der Waals surface area (Å²) >= 11 is 1.30. The van der Waals surface area contributed by atoms with E-state index in [9.17, 15) is 13.5 Å². The fraction of sp³-hybridized carbons (Fsp3) is 0.500. The maximum atomic E-state index is 12.4. The standard InChI is InChI=1S/C16H22N2O3S2/c19-12-13-4-3-8-18(11-13)9-7-17-23(20,21)16-10-14-5-1-2-6-15(14)22-16/h1-2,5-6,10,13,17,19H,3-4,7-9,11-12H2/t13-/m0/s1. The number of fused-ring (bicyclic) bond motifs is 1. The molecule has 2 aromatic rings. The van der Waals surface area contributed by atoms with Gasteiger partial charge in [0.1, 0.15) is 4.21 Å². The number of sulfonamides is 1. The van der Waals surface area contributed by atoms with Gasteiger partial charge in [0.15, 0.2) is 0 Å². The Labute approximate surface area is 141 Å². The summed E-state index contributed by atoms with van der Waals surface area (Å²) in [4.78, 5) is 2.22. The molecule has 23 heavy (non-hydrogen) atoms. The lowest BCUT2D eigenvalue weighted by Crippen LogP contribution is -2.41. The highest BCUT2D eigenvalue weighted by atomic mass is 32.2. The number of aliphatic hydroxyl groups is 1. The summed E-state index contributed by atoms with van der Waals surface area (Å²) < 4.78 is 28.9.